The maximum Gasteiger partial charge on any atom is 0.223 e. The van der Waals surface area contributed by atoms with Crippen molar-refractivity contribution in [3.63, 3.8) is 0 Å². The summed E-state index contributed by atoms with van der Waals surface area (Å²) in [5.41, 5.74) is 1.87. The third-order valence-electron chi connectivity index (χ3n) is 4.01. The molecule has 0 atom stereocenters. The minimum absolute atomic E-state index is 0.182. The van der Waals surface area contributed by atoms with Crippen LogP contribution in [0.1, 0.15) is 49.6 Å². The highest BCUT2D eigenvalue weighted by atomic mass is 16.5. The number of nitrogens with zero attached hydrogens (tertiary/aromatic N) is 1. The van der Waals surface area contributed by atoms with E-state index in [-0.39, 0.29) is 11.8 Å². The van der Waals surface area contributed by atoms with Gasteiger partial charge in [0.05, 0.1) is 5.69 Å². The van der Waals surface area contributed by atoms with Crippen LogP contribution in [-0.2, 0) is 11.3 Å². The number of aromatic nitrogens is 1. The third-order valence-corrected chi connectivity index (χ3v) is 4.01. The minimum Gasteiger partial charge on any atom is -0.361 e. The third kappa shape index (κ3) is 2.92. The average Bonchev–Trinajstić information content (AvgIpc) is 2.67. The molecule has 1 fully saturated rings. The number of carbonyl (C=O) groups excluding carboxylic acids is 1. The lowest BCUT2D eigenvalue weighted by atomic mass is 9.82. The predicted octanol–water partition coefficient (Wildman–Crippen LogP) is 2.73. The maximum absolute atomic E-state index is 12.1. The van der Waals surface area contributed by atoms with Gasteiger partial charge in [-0.2, -0.15) is 0 Å². The summed E-state index contributed by atoms with van der Waals surface area (Å²) >= 11 is 0. The largest absolute Gasteiger partial charge is 0.361 e. The molecule has 1 amide bonds. The van der Waals surface area contributed by atoms with Gasteiger partial charge in [0.15, 0.2) is 0 Å². The van der Waals surface area contributed by atoms with Crippen molar-refractivity contribution in [3.05, 3.63) is 17.0 Å². The van der Waals surface area contributed by atoms with Crippen molar-refractivity contribution < 1.29 is 9.32 Å². The van der Waals surface area contributed by atoms with Crippen LogP contribution >= 0.6 is 0 Å². The minimum atomic E-state index is 0.182. The summed E-state index contributed by atoms with van der Waals surface area (Å²) in [7, 11) is 0. The molecule has 0 spiro atoms. The lowest BCUT2D eigenvalue weighted by molar-refractivity contribution is -0.126. The topological polar surface area (TPSA) is 55.1 Å². The summed E-state index contributed by atoms with van der Waals surface area (Å²) in [5.74, 6) is 1.95. The van der Waals surface area contributed by atoms with Crippen molar-refractivity contribution >= 4 is 5.91 Å². The summed E-state index contributed by atoms with van der Waals surface area (Å²) in [4.78, 5) is 12.1. The smallest absolute Gasteiger partial charge is 0.223 e. The van der Waals surface area contributed by atoms with Crippen LogP contribution in [0, 0.1) is 25.7 Å². The fourth-order valence-corrected chi connectivity index (χ4v) is 2.60. The van der Waals surface area contributed by atoms with E-state index in [1.54, 1.807) is 0 Å². The van der Waals surface area contributed by atoms with Crippen LogP contribution in [0.25, 0.3) is 0 Å². The Bertz CT molecular complexity index is 398. The predicted molar refractivity (Wildman–Crippen MR) is 68.9 cm³/mol. The second-order valence-corrected chi connectivity index (χ2v) is 5.48. The highest BCUT2D eigenvalue weighted by Crippen LogP contribution is 2.28. The summed E-state index contributed by atoms with van der Waals surface area (Å²) in [5, 5.41) is 6.90. The lowest BCUT2D eigenvalue weighted by Gasteiger charge is -2.25. The fourth-order valence-electron chi connectivity index (χ4n) is 2.60. The van der Waals surface area contributed by atoms with E-state index in [1.165, 1.54) is 12.8 Å². The molecule has 1 N–H and O–H groups in total. The molecule has 0 bridgehead atoms. The van der Waals surface area contributed by atoms with Crippen LogP contribution in [-0.4, -0.2) is 11.1 Å². The molecule has 1 saturated carbocycles. The van der Waals surface area contributed by atoms with Crippen molar-refractivity contribution in [2.75, 3.05) is 0 Å². The van der Waals surface area contributed by atoms with Crippen molar-refractivity contribution in [1.82, 2.24) is 10.5 Å². The Balaban J connectivity index is 1.85. The number of carbonyl (C=O) groups is 1. The number of aryl methyl sites for hydroxylation is 2. The molecule has 4 heteroatoms. The van der Waals surface area contributed by atoms with Gasteiger partial charge in [-0.3, -0.25) is 4.79 Å². The Labute approximate surface area is 108 Å². The van der Waals surface area contributed by atoms with Gasteiger partial charge in [-0.1, -0.05) is 12.1 Å². The van der Waals surface area contributed by atoms with Gasteiger partial charge in [-0.25, -0.2) is 0 Å². The Morgan fingerprint density at radius 3 is 2.56 bits per heavy atom. The first-order chi connectivity index (χ1) is 8.58. The summed E-state index contributed by atoms with van der Waals surface area (Å²) in [6.07, 6.45) is 4.38. The van der Waals surface area contributed by atoms with Crippen LogP contribution in [0.2, 0.25) is 0 Å². The maximum atomic E-state index is 12.1. The molecule has 0 radical (unpaired) electrons. The van der Waals surface area contributed by atoms with Crippen LogP contribution in [0.3, 0.4) is 0 Å². The standard InChI is InChI=1S/C14H22N2O2/c1-9-4-6-12(7-5-9)14(17)15-8-13-10(2)16-18-11(13)3/h9,12H,4-8H2,1-3H3,(H,15,17). The second-order valence-electron chi connectivity index (χ2n) is 5.48. The molecule has 1 aliphatic carbocycles. The molecular weight excluding hydrogens is 228 g/mol. The molecule has 0 aromatic carbocycles. The Hall–Kier alpha value is -1.32. The van der Waals surface area contributed by atoms with Crippen LogP contribution in [0.15, 0.2) is 4.52 Å². The number of nitrogens with one attached hydrogen (secondary N) is 1. The number of amides is 1. The number of hydrogen-bond acceptors (Lipinski definition) is 3. The normalized spacial score (nSPS) is 23.9. The molecule has 18 heavy (non-hydrogen) atoms. The molecule has 2 rings (SSSR count). The summed E-state index contributed by atoms with van der Waals surface area (Å²) in [6.45, 7) is 6.58. The van der Waals surface area contributed by atoms with E-state index < -0.39 is 0 Å². The highest BCUT2D eigenvalue weighted by Gasteiger charge is 2.24. The molecule has 1 aromatic heterocycles. The Morgan fingerprint density at radius 1 is 1.33 bits per heavy atom. The van der Waals surface area contributed by atoms with Gasteiger partial charge < -0.3 is 9.84 Å². The highest BCUT2D eigenvalue weighted by molar-refractivity contribution is 5.78. The number of hydrogen-bond donors (Lipinski definition) is 1. The van der Waals surface area contributed by atoms with Crippen LogP contribution < -0.4 is 5.32 Å². The van der Waals surface area contributed by atoms with Gasteiger partial charge in [-0.15, -0.1) is 0 Å². The molecule has 1 heterocycles. The average molecular weight is 250 g/mol. The van der Waals surface area contributed by atoms with E-state index in [2.05, 4.69) is 17.4 Å². The van der Waals surface area contributed by atoms with E-state index in [0.29, 0.717) is 6.54 Å². The SMILES string of the molecule is Cc1noc(C)c1CNC(=O)C1CCC(C)CC1. The first kappa shape index (κ1) is 13.1. The summed E-state index contributed by atoms with van der Waals surface area (Å²) < 4.78 is 5.09. The molecule has 1 aliphatic rings. The van der Waals surface area contributed by atoms with E-state index >= 15 is 0 Å². The molecule has 0 saturated heterocycles. The zero-order valence-electron chi connectivity index (χ0n) is 11.5. The quantitative estimate of drug-likeness (QED) is 0.897. The van der Waals surface area contributed by atoms with E-state index in [1.807, 2.05) is 13.8 Å². The molecule has 100 valence electrons. The molecule has 1 aromatic rings. The van der Waals surface area contributed by atoms with Gasteiger partial charge in [0.25, 0.3) is 0 Å². The van der Waals surface area contributed by atoms with Gasteiger partial charge >= 0.3 is 0 Å². The first-order valence-corrected chi connectivity index (χ1v) is 6.77. The monoisotopic (exact) mass is 250 g/mol. The van der Waals surface area contributed by atoms with E-state index in [4.69, 9.17) is 4.52 Å². The van der Waals surface area contributed by atoms with Crippen molar-refractivity contribution in [2.45, 2.75) is 53.0 Å². The molecular formula is C14H22N2O2. The molecule has 4 nitrogen and oxygen atoms in total. The van der Waals surface area contributed by atoms with Crippen molar-refractivity contribution in [2.24, 2.45) is 11.8 Å². The Morgan fingerprint density at radius 2 is 2.00 bits per heavy atom. The van der Waals surface area contributed by atoms with Crippen LogP contribution in [0.4, 0.5) is 0 Å². The Kier molecular flexibility index (Phi) is 4.04. The lowest BCUT2D eigenvalue weighted by Crippen LogP contribution is -2.32. The van der Waals surface area contributed by atoms with Gasteiger partial charge in [0.1, 0.15) is 5.76 Å². The summed E-state index contributed by atoms with van der Waals surface area (Å²) in [6, 6.07) is 0. The van der Waals surface area contributed by atoms with Crippen LogP contribution in [0.5, 0.6) is 0 Å². The fraction of sp³-hybridized carbons (Fsp3) is 0.714. The van der Waals surface area contributed by atoms with Gasteiger partial charge in [0.2, 0.25) is 5.91 Å². The second kappa shape index (κ2) is 5.55. The first-order valence-electron chi connectivity index (χ1n) is 6.77. The zero-order chi connectivity index (χ0) is 13.1. The van der Waals surface area contributed by atoms with Crippen molar-refractivity contribution in [3.8, 4) is 0 Å². The van der Waals surface area contributed by atoms with E-state index in [0.717, 1.165) is 35.8 Å². The zero-order valence-corrected chi connectivity index (χ0v) is 11.5. The molecule has 0 aliphatic heterocycles. The molecule has 0 unspecified atom stereocenters. The van der Waals surface area contributed by atoms with Crippen molar-refractivity contribution in [1.29, 1.82) is 0 Å². The van der Waals surface area contributed by atoms with E-state index in [9.17, 15) is 4.79 Å². The van der Waals surface area contributed by atoms with Gasteiger partial charge in [0, 0.05) is 18.0 Å². The number of rotatable bonds is 3. The van der Waals surface area contributed by atoms with Gasteiger partial charge in [-0.05, 0) is 45.4 Å².